The fourth-order valence-electron chi connectivity index (χ4n) is 1.29. The standard InChI is InChI=1S/C8H12N2OS/c9-6(3-11)8-7(5-1-2-5)10-4-12-8/h4-6,11H,1-3,9H2/t6-/m0/s1. The van der Waals surface area contributed by atoms with Crippen molar-refractivity contribution in [2.75, 3.05) is 6.61 Å². The van der Waals surface area contributed by atoms with E-state index in [9.17, 15) is 0 Å². The summed E-state index contributed by atoms with van der Waals surface area (Å²) in [5.41, 5.74) is 8.67. The summed E-state index contributed by atoms with van der Waals surface area (Å²) in [6.45, 7) is 0.0158. The third-order valence-corrected chi connectivity index (χ3v) is 3.10. The number of nitrogens with zero attached hydrogens (tertiary/aromatic N) is 1. The molecule has 1 aromatic rings. The molecular weight excluding hydrogens is 172 g/mol. The van der Waals surface area contributed by atoms with Gasteiger partial charge in [-0.3, -0.25) is 0 Å². The Labute approximate surface area is 75.2 Å². The molecule has 0 aliphatic heterocycles. The lowest BCUT2D eigenvalue weighted by Gasteiger charge is -2.06. The van der Waals surface area contributed by atoms with E-state index in [1.807, 2.05) is 5.51 Å². The van der Waals surface area contributed by atoms with Gasteiger partial charge in [-0.15, -0.1) is 11.3 Å². The number of rotatable bonds is 3. The second kappa shape index (κ2) is 3.12. The van der Waals surface area contributed by atoms with Crippen molar-refractivity contribution >= 4 is 11.3 Å². The van der Waals surface area contributed by atoms with Crippen LogP contribution in [0.3, 0.4) is 0 Å². The van der Waals surface area contributed by atoms with Gasteiger partial charge in [0.2, 0.25) is 0 Å². The average molecular weight is 184 g/mol. The Bertz CT molecular complexity index is 270. The predicted molar refractivity (Wildman–Crippen MR) is 48.1 cm³/mol. The molecule has 1 fully saturated rings. The molecule has 0 radical (unpaired) electrons. The molecule has 12 heavy (non-hydrogen) atoms. The number of aliphatic hydroxyl groups is 1. The molecule has 0 aromatic carbocycles. The normalized spacial score (nSPS) is 19.5. The molecular formula is C8H12N2OS. The molecule has 0 amide bonds. The highest BCUT2D eigenvalue weighted by Crippen LogP contribution is 2.42. The van der Waals surface area contributed by atoms with Crippen LogP contribution in [-0.2, 0) is 0 Å². The first kappa shape index (κ1) is 8.16. The van der Waals surface area contributed by atoms with E-state index in [4.69, 9.17) is 10.8 Å². The number of nitrogens with two attached hydrogens (primary N) is 1. The SMILES string of the molecule is N[C@@H](CO)c1scnc1C1CC1. The van der Waals surface area contributed by atoms with Crippen molar-refractivity contribution in [2.24, 2.45) is 5.73 Å². The van der Waals surface area contributed by atoms with Crippen LogP contribution in [0.1, 0.15) is 35.4 Å². The third-order valence-electron chi connectivity index (χ3n) is 2.12. The Hall–Kier alpha value is -0.450. The van der Waals surface area contributed by atoms with Crippen LogP contribution in [0.15, 0.2) is 5.51 Å². The number of thiazole rings is 1. The van der Waals surface area contributed by atoms with E-state index in [0.29, 0.717) is 5.92 Å². The number of hydrogen-bond acceptors (Lipinski definition) is 4. The Morgan fingerprint density at radius 2 is 2.50 bits per heavy atom. The van der Waals surface area contributed by atoms with Gasteiger partial charge in [-0.05, 0) is 12.8 Å². The molecule has 0 saturated heterocycles. The van der Waals surface area contributed by atoms with Gasteiger partial charge in [0.15, 0.2) is 0 Å². The Kier molecular flexibility index (Phi) is 2.12. The molecule has 1 heterocycles. The maximum atomic E-state index is 8.89. The van der Waals surface area contributed by atoms with Gasteiger partial charge in [-0.25, -0.2) is 4.98 Å². The van der Waals surface area contributed by atoms with Gasteiger partial charge in [0.1, 0.15) is 0 Å². The van der Waals surface area contributed by atoms with Crippen LogP contribution in [0.2, 0.25) is 0 Å². The first-order chi connectivity index (χ1) is 5.83. The Morgan fingerprint density at radius 1 is 1.75 bits per heavy atom. The zero-order valence-electron chi connectivity index (χ0n) is 6.73. The van der Waals surface area contributed by atoms with Crippen LogP contribution in [0, 0.1) is 0 Å². The summed E-state index contributed by atoms with van der Waals surface area (Å²) in [7, 11) is 0. The molecule has 1 aliphatic carbocycles. The van der Waals surface area contributed by atoms with E-state index < -0.39 is 0 Å². The lowest BCUT2D eigenvalue weighted by atomic mass is 10.2. The summed E-state index contributed by atoms with van der Waals surface area (Å²) in [5, 5.41) is 8.89. The maximum Gasteiger partial charge on any atom is 0.0798 e. The zero-order chi connectivity index (χ0) is 8.55. The average Bonchev–Trinajstić information content (AvgIpc) is 2.83. The minimum atomic E-state index is -0.229. The minimum Gasteiger partial charge on any atom is -0.394 e. The number of aliphatic hydroxyl groups excluding tert-OH is 1. The van der Waals surface area contributed by atoms with Gasteiger partial charge >= 0.3 is 0 Å². The zero-order valence-corrected chi connectivity index (χ0v) is 7.55. The topological polar surface area (TPSA) is 59.1 Å². The first-order valence-corrected chi connectivity index (χ1v) is 5.00. The van der Waals surface area contributed by atoms with Crippen LogP contribution in [-0.4, -0.2) is 16.7 Å². The van der Waals surface area contributed by atoms with E-state index >= 15 is 0 Å². The van der Waals surface area contributed by atoms with Crippen molar-refractivity contribution in [1.82, 2.24) is 4.98 Å². The first-order valence-electron chi connectivity index (χ1n) is 4.12. The van der Waals surface area contributed by atoms with Gasteiger partial charge in [-0.2, -0.15) is 0 Å². The van der Waals surface area contributed by atoms with Gasteiger partial charge in [0.25, 0.3) is 0 Å². The molecule has 1 aromatic heterocycles. The third kappa shape index (κ3) is 1.37. The van der Waals surface area contributed by atoms with E-state index in [2.05, 4.69) is 4.98 Å². The molecule has 4 heteroatoms. The molecule has 66 valence electrons. The van der Waals surface area contributed by atoms with E-state index in [1.54, 1.807) is 11.3 Å². The van der Waals surface area contributed by atoms with Crippen molar-refractivity contribution < 1.29 is 5.11 Å². The van der Waals surface area contributed by atoms with Crippen molar-refractivity contribution in [2.45, 2.75) is 24.8 Å². The molecule has 3 nitrogen and oxygen atoms in total. The Balaban J connectivity index is 2.23. The monoisotopic (exact) mass is 184 g/mol. The summed E-state index contributed by atoms with van der Waals surface area (Å²) in [6, 6.07) is -0.229. The fourth-order valence-corrected chi connectivity index (χ4v) is 2.16. The summed E-state index contributed by atoms with van der Waals surface area (Å²) in [4.78, 5) is 5.34. The van der Waals surface area contributed by atoms with Crippen LogP contribution in [0.5, 0.6) is 0 Å². The molecule has 0 spiro atoms. The Morgan fingerprint density at radius 3 is 3.08 bits per heavy atom. The molecule has 1 aliphatic rings. The van der Waals surface area contributed by atoms with E-state index in [0.717, 1.165) is 10.6 Å². The number of hydrogen-bond donors (Lipinski definition) is 2. The second-order valence-corrected chi connectivity index (χ2v) is 4.05. The molecule has 1 saturated carbocycles. The van der Waals surface area contributed by atoms with Crippen molar-refractivity contribution in [3.8, 4) is 0 Å². The number of aromatic nitrogens is 1. The summed E-state index contributed by atoms with van der Waals surface area (Å²) >= 11 is 1.55. The lowest BCUT2D eigenvalue weighted by molar-refractivity contribution is 0.269. The highest BCUT2D eigenvalue weighted by molar-refractivity contribution is 7.09. The van der Waals surface area contributed by atoms with Crippen LogP contribution in [0.25, 0.3) is 0 Å². The van der Waals surface area contributed by atoms with Crippen molar-refractivity contribution in [3.63, 3.8) is 0 Å². The summed E-state index contributed by atoms with van der Waals surface area (Å²) in [5.74, 6) is 0.629. The highest BCUT2D eigenvalue weighted by atomic mass is 32.1. The minimum absolute atomic E-state index is 0.0158. The van der Waals surface area contributed by atoms with E-state index in [-0.39, 0.29) is 12.6 Å². The van der Waals surface area contributed by atoms with Crippen LogP contribution < -0.4 is 5.73 Å². The predicted octanol–water partition coefficient (Wildman–Crippen LogP) is 1.01. The molecule has 3 N–H and O–H groups in total. The van der Waals surface area contributed by atoms with Gasteiger partial charge in [0.05, 0.1) is 23.9 Å². The van der Waals surface area contributed by atoms with Crippen LogP contribution in [0.4, 0.5) is 0 Å². The van der Waals surface area contributed by atoms with Gasteiger partial charge in [-0.1, -0.05) is 0 Å². The molecule has 0 bridgehead atoms. The van der Waals surface area contributed by atoms with Crippen molar-refractivity contribution in [1.29, 1.82) is 0 Å². The summed E-state index contributed by atoms with van der Waals surface area (Å²) in [6.07, 6.45) is 2.46. The largest absolute Gasteiger partial charge is 0.394 e. The smallest absolute Gasteiger partial charge is 0.0798 e. The quantitative estimate of drug-likeness (QED) is 0.737. The van der Waals surface area contributed by atoms with Crippen molar-refractivity contribution in [3.05, 3.63) is 16.1 Å². The second-order valence-electron chi connectivity index (χ2n) is 3.17. The highest BCUT2D eigenvalue weighted by Gasteiger charge is 2.29. The fraction of sp³-hybridized carbons (Fsp3) is 0.625. The lowest BCUT2D eigenvalue weighted by Crippen LogP contribution is -2.14. The molecule has 1 atom stereocenters. The molecule has 2 rings (SSSR count). The van der Waals surface area contributed by atoms with Gasteiger partial charge < -0.3 is 10.8 Å². The molecule has 0 unspecified atom stereocenters. The van der Waals surface area contributed by atoms with Gasteiger partial charge in [0, 0.05) is 10.8 Å². The maximum absolute atomic E-state index is 8.89. The summed E-state index contributed by atoms with van der Waals surface area (Å²) < 4.78 is 0. The van der Waals surface area contributed by atoms with Crippen LogP contribution >= 0.6 is 11.3 Å². The van der Waals surface area contributed by atoms with E-state index in [1.165, 1.54) is 12.8 Å².